The minimum Gasteiger partial charge on any atom is -0.462 e. The van der Waals surface area contributed by atoms with E-state index < -0.39 is 6.10 Å². The van der Waals surface area contributed by atoms with Crippen LogP contribution in [0, 0.1) is 0 Å². The molecule has 0 saturated carbocycles. The van der Waals surface area contributed by atoms with Gasteiger partial charge in [0.25, 0.3) is 0 Å². The predicted octanol–water partition coefficient (Wildman–Crippen LogP) is 23.5. The van der Waals surface area contributed by atoms with Gasteiger partial charge in [0.05, 0.1) is 0 Å². The minimum atomic E-state index is -0.762. The second-order valence-electron chi connectivity index (χ2n) is 23.8. The standard InChI is InChI=1S/C69H134O6/c1-4-7-10-13-16-19-22-25-27-29-30-31-32-33-34-35-36-37-38-39-40-42-44-47-50-53-56-59-62-68(71)74-65-66(64-73-67(70)61-58-55-52-49-46-43-24-21-18-15-12-9-6-3)75-69(72)63-60-57-54-51-48-45-41-28-26-23-20-17-14-11-8-5-2/h66H,4-65H2,1-3H3. The van der Waals surface area contributed by atoms with Crippen molar-refractivity contribution in [2.75, 3.05) is 13.2 Å². The van der Waals surface area contributed by atoms with Gasteiger partial charge in [0, 0.05) is 19.3 Å². The van der Waals surface area contributed by atoms with Crippen LogP contribution in [0.25, 0.3) is 0 Å². The van der Waals surface area contributed by atoms with Gasteiger partial charge in [-0.05, 0) is 19.3 Å². The van der Waals surface area contributed by atoms with E-state index in [1.807, 2.05) is 0 Å². The summed E-state index contributed by atoms with van der Waals surface area (Å²) in [5, 5.41) is 0. The molecule has 446 valence electrons. The molecule has 0 saturated heterocycles. The van der Waals surface area contributed by atoms with E-state index in [0.29, 0.717) is 19.3 Å². The van der Waals surface area contributed by atoms with Crippen LogP contribution in [0.15, 0.2) is 0 Å². The highest BCUT2D eigenvalue weighted by Crippen LogP contribution is 2.19. The Morgan fingerprint density at radius 2 is 0.360 bits per heavy atom. The second-order valence-corrected chi connectivity index (χ2v) is 23.8. The summed E-state index contributed by atoms with van der Waals surface area (Å²) in [6.45, 7) is 6.73. The minimum absolute atomic E-state index is 0.0604. The third-order valence-electron chi connectivity index (χ3n) is 16.1. The summed E-state index contributed by atoms with van der Waals surface area (Å²) in [7, 11) is 0. The van der Waals surface area contributed by atoms with Crippen molar-refractivity contribution in [3.8, 4) is 0 Å². The van der Waals surface area contributed by atoms with Crippen LogP contribution in [-0.2, 0) is 28.6 Å². The molecule has 0 rings (SSSR count). The van der Waals surface area contributed by atoms with Crippen molar-refractivity contribution >= 4 is 17.9 Å². The van der Waals surface area contributed by atoms with E-state index in [0.717, 1.165) is 57.8 Å². The Morgan fingerprint density at radius 3 is 0.533 bits per heavy atom. The molecule has 0 amide bonds. The lowest BCUT2D eigenvalue weighted by atomic mass is 10.0. The highest BCUT2D eigenvalue weighted by Gasteiger charge is 2.19. The zero-order valence-electron chi connectivity index (χ0n) is 51.4. The number of carbonyl (C=O) groups is 3. The average molecular weight is 1060 g/mol. The highest BCUT2D eigenvalue weighted by atomic mass is 16.6. The smallest absolute Gasteiger partial charge is 0.306 e. The Bertz CT molecular complexity index is 1120. The normalized spacial score (nSPS) is 11.9. The molecular formula is C69H134O6. The lowest BCUT2D eigenvalue weighted by Gasteiger charge is -2.18. The summed E-state index contributed by atoms with van der Waals surface area (Å²) in [4.78, 5) is 38.3. The lowest BCUT2D eigenvalue weighted by Crippen LogP contribution is -2.30. The molecule has 0 heterocycles. The van der Waals surface area contributed by atoms with Crippen LogP contribution in [0.3, 0.4) is 0 Å². The van der Waals surface area contributed by atoms with Crippen LogP contribution < -0.4 is 0 Å². The van der Waals surface area contributed by atoms with Gasteiger partial charge in [0.15, 0.2) is 6.10 Å². The number of unbranched alkanes of at least 4 members (excludes halogenated alkanes) is 54. The Labute approximate surface area is 469 Å². The maximum atomic E-state index is 12.9. The van der Waals surface area contributed by atoms with E-state index in [-0.39, 0.29) is 31.1 Å². The molecule has 1 atom stereocenters. The number of esters is 3. The first-order chi connectivity index (χ1) is 37.0. The van der Waals surface area contributed by atoms with E-state index in [2.05, 4.69) is 20.8 Å². The molecule has 6 heteroatoms. The van der Waals surface area contributed by atoms with Gasteiger partial charge in [-0.2, -0.15) is 0 Å². The van der Waals surface area contributed by atoms with Crippen LogP contribution in [0.1, 0.15) is 406 Å². The second kappa shape index (κ2) is 64.9. The van der Waals surface area contributed by atoms with E-state index in [1.165, 1.54) is 308 Å². The van der Waals surface area contributed by atoms with Crippen LogP contribution in [0.2, 0.25) is 0 Å². The third kappa shape index (κ3) is 63.1. The van der Waals surface area contributed by atoms with Crippen molar-refractivity contribution < 1.29 is 28.6 Å². The summed E-state index contributed by atoms with van der Waals surface area (Å²) >= 11 is 0. The summed E-state index contributed by atoms with van der Waals surface area (Å²) in [6, 6.07) is 0. The molecule has 0 aliphatic rings. The quantitative estimate of drug-likeness (QED) is 0.0343. The molecule has 0 aliphatic carbocycles. The lowest BCUT2D eigenvalue weighted by molar-refractivity contribution is -0.167. The zero-order chi connectivity index (χ0) is 54.3. The molecule has 0 radical (unpaired) electrons. The SMILES string of the molecule is CCCCCCCCCCCCCCCCCCCCCCCCCCCCCCC(=O)OCC(COC(=O)CCCCCCCCCCCCCCC)OC(=O)CCCCCCCCCCCCCCCCCC. The molecule has 0 aromatic rings. The van der Waals surface area contributed by atoms with Gasteiger partial charge in [-0.3, -0.25) is 14.4 Å². The third-order valence-corrected chi connectivity index (χ3v) is 16.1. The van der Waals surface area contributed by atoms with Gasteiger partial charge in [-0.25, -0.2) is 0 Å². The molecule has 6 nitrogen and oxygen atoms in total. The first-order valence-corrected chi connectivity index (χ1v) is 34.5. The fraction of sp³-hybridized carbons (Fsp3) is 0.957. The van der Waals surface area contributed by atoms with Crippen molar-refractivity contribution in [2.24, 2.45) is 0 Å². The van der Waals surface area contributed by atoms with Gasteiger partial charge in [-0.1, -0.05) is 367 Å². The Hall–Kier alpha value is -1.59. The van der Waals surface area contributed by atoms with Crippen LogP contribution in [0.4, 0.5) is 0 Å². The zero-order valence-corrected chi connectivity index (χ0v) is 51.4. The Morgan fingerprint density at radius 1 is 0.213 bits per heavy atom. The van der Waals surface area contributed by atoms with Crippen molar-refractivity contribution in [2.45, 2.75) is 412 Å². The number of rotatable bonds is 65. The van der Waals surface area contributed by atoms with Crippen molar-refractivity contribution in [1.82, 2.24) is 0 Å². The number of carbonyl (C=O) groups excluding carboxylic acids is 3. The van der Waals surface area contributed by atoms with Gasteiger partial charge >= 0.3 is 17.9 Å². The van der Waals surface area contributed by atoms with Gasteiger partial charge < -0.3 is 14.2 Å². The molecular weight excluding hydrogens is 925 g/mol. The Balaban J connectivity index is 4.13. The molecule has 0 bridgehead atoms. The van der Waals surface area contributed by atoms with Crippen molar-refractivity contribution in [3.05, 3.63) is 0 Å². The molecule has 0 fully saturated rings. The summed E-state index contributed by atoms with van der Waals surface area (Å²) < 4.78 is 17.0. The molecule has 0 N–H and O–H groups in total. The van der Waals surface area contributed by atoms with E-state index in [4.69, 9.17) is 14.2 Å². The van der Waals surface area contributed by atoms with Crippen molar-refractivity contribution in [3.63, 3.8) is 0 Å². The summed E-state index contributed by atoms with van der Waals surface area (Å²) in [5.41, 5.74) is 0. The van der Waals surface area contributed by atoms with Crippen LogP contribution in [0.5, 0.6) is 0 Å². The topological polar surface area (TPSA) is 78.9 Å². The molecule has 0 aromatic heterocycles. The first-order valence-electron chi connectivity index (χ1n) is 34.5. The van der Waals surface area contributed by atoms with Gasteiger partial charge in [0.1, 0.15) is 13.2 Å². The summed E-state index contributed by atoms with van der Waals surface area (Å²) in [6.07, 6.45) is 75.6. The van der Waals surface area contributed by atoms with E-state index >= 15 is 0 Å². The fourth-order valence-electron chi connectivity index (χ4n) is 10.9. The van der Waals surface area contributed by atoms with Gasteiger partial charge in [0.2, 0.25) is 0 Å². The van der Waals surface area contributed by atoms with Crippen LogP contribution >= 0.6 is 0 Å². The molecule has 0 aliphatic heterocycles. The number of ether oxygens (including phenoxy) is 3. The van der Waals surface area contributed by atoms with Gasteiger partial charge in [-0.15, -0.1) is 0 Å². The predicted molar refractivity (Wildman–Crippen MR) is 326 cm³/mol. The summed E-state index contributed by atoms with van der Waals surface area (Å²) in [5.74, 6) is -0.823. The van der Waals surface area contributed by atoms with Crippen molar-refractivity contribution in [1.29, 1.82) is 0 Å². The first kappa shape index (κ1) is 73.4. The monoisotopic (exact) mass is 1060 g/mol. The van der Waals surface area contributed by atoms with E-state index in [9.17, 15) is 14.4 Å². The largest absolute Gasteiger partial charge is 0.462 e. The molecule has 75 heavy (non-hydrogen) atoms. The molecule has 1 unspecified atom stereocenters. The number of hydrogen-bond acceptors (Lipinski definition) is 6. The Kier molecular flexibility index (Phi) is 63.6. The number of hydrogen-bond donors (Lipinski definition) is 0. The maximum Gasteiger partial charge on any atom is 0.306 e. The maximum absolute atomic E-state index is 12.9. The van der Waals surface area contributed by atoms with Crippen LogP contribution in [-0.4, -0.2) is 37.2 Å². The average Bonchev–Trinajstić information content (AvgIpc) is 3.41. The van der Waals surface area contributed by atoms with E-state index in [1.54, 1.807) is 0 Å². The fourth-order valence-corrected chi connectivity index (χ4v) is 10.9. The highest BCUT2D eigenvalue weighted by molar-refractivity contribution is 5.71. The molecule has 0 aromatic carbocycles. The molecule has 0 spiro atoms.